The molecule has 1 aromatic heterocycles. The van der Waals surface area contributed by atoms with Crippen molar-refractivity contribution in [1.29, 1.82) is 0 Å². The van der Waals surface area contributed by atoms with Crippen molar-refractivity contribution in [2.45, 2.75) is 25.8 Å². The highest BCUT2D eigenvalue weighted by Gasteiger charge is 2.39. The third-order valence-corrected chi connectivity index (χ3v) is 11.2. The van der Waals surface area contributed by atoms with Crippen LogP contribution in [0.2, 0.25) is 0 Å². The molecule has 0 spiro atoms. The van der Waals surface area contributed by atoms with Crippen LogP contribution in [0.1, 0.15) is 30.5 Å². The summed E-state index contributed by atoms with van der Waals surface area (Å²) in [4.78, 5) is 0. The monoisotopic (exact) mass is 625 g/mol. The smallest absolute Gasteiger partial charge is 0.0583 e. The van der Waals surface area contributed by atoms with E-state index in [-0.39, 0.29) is 5.41 Å². The first-order valence-electron chi connectivity index (χ1n) is 17.3. The van der Waals surface area contributed by atoms with E-state index in [0.717, 1.165) is 12.1 Å². The molecule has 0 fully saturated rings. The van der Waals surface area contributed by atoms with Gasteiger partial charge in [-0.25, -0.2) is 0 Å². The van der Waals surface area contributed by atoms with Gasteiger partial charge in [-0.15, -0.1) is 0 Å². The Morgan fingerprint density at radius 2 is 1.24 bits per heavy atom. The Balaban J connectivity index is 1.18. The molecule has 1 heteroatoms. The number of aromatic nitrogens is 1. The molecule has 0 saturated carbocycles. The molecule has 7 aromatic carbocycles. The van der Waals surface area contributed by atoms with Gasteiger partial charge in [0.2, 0.25) is 0 Å². The zero-order valence-electron chi connectivity index (χ0n) is 27.8. The van der Waals surface area contributed by atoms with Crippen LogP contribution in [-0.2, 0) is 12.0 Å². The molecular weight excluding hydrogens is 591 g/mol. The number of hydrogen-bond acceptors (Lipinski definition) is 0. The SMILES string of the molecule is C=C/C=C(\C=C/Cn1c2ccccc2c2c3ccccc3c3c(c21)-c1ccccc1C3(C)C)c1ccc2c3c(cccc13)-c1ccccc1-2. The van der Waals surface area contributed by atoms with E-state index in [0.29, 0.717) is 0 Å². The maximum atomic E-state index is 4.11. The van der Waals surface area contributed by atoms with Crippen LogP contribution >= 0.6 is 0 Å². The van der Waals surface area contributed by atoms with Crippen molar-refractivity contribution in [1.82, 2.24) is 4.57 Å². The first-order chi connectivity index (χ1) is 24.1. The third kappa shape index (κ3) is 3.76. The first-order valence-corrected chi connectivity index (χ1v) is 17.3. The molecule has 8 aromatic rings. The summed E-state index contributed by atoms with van der Waals surface area (Å²) in [5.74, 6) is 0. The minimum Gasteiger partial charge on any atom is -0.336 e. The lowest BCUT2D eigenvalue weighted by Gasteiger charge is -2.23. The van der Waals surface area contributed by atoms with Crippen LogP contribution < -0.4 is 0 Å². The molecule has 49 heavy (non-hydrogen) atoms. The summed E-state index contributed by atoms with van der Waals surface area (Å²) in [5, 5.41) is 7.97. The van der Waals surface area contributed by atoms with Crippen molar-refractivity contribution in [3.05, 3.63) is 175 Å². The average Bonchev–Trinajstić information content (AvgIpc) is 3.73. The van der Waals surface area contributed by atoms with E-state index in [1.165, 1.54) is 93.4 Å². The summed E-state index contributed by atoms with van der Waals surface area (Å²) >= 11 is 0. The Bertz CT molecular complexity index is 2750. The fourth-order valence-corrected chi connectivity index (χ4v) is 9.20. The van der Waals surface area contributed by atoms with Crippen molar-refractivity contribution in [3.8, 4) is 33.4 Å². The van der Waals surface area contributed by atoms with Gasteiger partial charge in [0.15, 0.2) is 0 Å². The van der Waals surface area contributed by atoms with Gasteiger partial charge in [-0.1, -0.05) is 166 Å². The Labute approximate surface area is 286 Å². The molecule has 0 radical (unpaired) electrons. The van der Waals surface area contributed by atoms with Gasteiger partial charge in [0, 0.05) is 33.8 Å². The van der Waals surface area contributed by atoms with Gasteiger partial charge >= 0.3 is 0 Å². The standard InChI is InChI=1S/C48H35N/c1-4-15-30(31-27-28-37-33-18-6-5-17-32(33)35-24-13-23-34(31)43(35)37)16-14-29-49-42-26-12-10-22-40(42)44-36-19-7-8-20-38(36)46-45(47(44)49)39-21-9-11-25-41(39)48(46,2)3/h4-28H,1,29H2,2-3H3/b16-14-,30-15+. The lowest BCUT2D eigenvalue weighted by molar-refractivity contribution is 0.666. The summed E-state index contributed by atoms with van der Waals surface area (Å²) in [6.07, 6.45) is 8.70. The molecule has 0 unspecified atom stereocenters. The Hall–Kier alpha value is -5.92. The minimum absolute atomic E-state index is 0.105. The Morgan fingerprint density at radius 1 is 0.612 bits per heavy atom. The van der Waals surface area contributed by atoms with Gasteiger partial charge in [0.25, 0.3) is 0 Å². The van der Waals surface area contributed by atoms with Crippen molar-refractivity contribution in [2.75, 3.05) is 0 Å². The molecule has 1 nitrogen and oxygen atoms in total. The molecule has 0 N–H and O–H groups in total. The summed E-state index contributed by atoms with van der Waals surface area (Å²) in [6, 6.07) is 47.1. The van der Waals surface area contributed by atoms with E-state index in [9.17, 15) is 0 Å². The lowest BCUT2D eigenvalue weighted by Crippen LogP contribution is -2.15. The first kappa shape index (κ1) is 28.1. The van der Waals surface area contributed by atoms with Crippen molar-refractivity contribution in [3.63, 3.8) is 0 Å². The quantitative estimate of drug-likeness (QED) is 0.168. The second kappa shape index (κ2) is 10.3. The molecule has 0 amide bonds. The molecule has 0 atom stereocenters. The van der Waals surface area contributed by atoms with Gasteiger partial charge in [-0.2, -0.15) is 0 Å². The fourth-order valence-electron chi connectivity index (χ4n) is 9.20. The number of nitrogens with zero attached hydrogens (tertiary/aromatic N) is 1. The van der Waals surface area contributed by atoms with E-state index in [2.05, 4.69) is 171 Å². The van der Waals surface area contributed by atoms with Gasteiger partial charge in [0.05, 0.1) is 5.52 Å². The predicted octanol–water partition coefficient (Wildman–Crippen LogP) is 12.9. The number of rotatable bonds is 5. The van der Waals surface area contributed by atoms with E-state index in [1.54, 1.807) is 0 Å². The van der Waals surface area contributed by atoms with Gasteiger partial charge in [-0.05, 0) is 77.7 Å². The van der Waals surface area contributed by atoms with Gasteiger partial charge in [-0.3, -0.25) is 0 Å². The molecule has 232 valence electrons. The summed E-state index contributed by atoms with van der Waals surface area (Å²) in [5.41, 5.74) is 15.7. The predicted molar refractivity (Wildman–Crippen MR) is 210 cm³/mol. The van der Waals surface area contributed by atoms with Gasteiger partial charge in [0.1, 0.15) is 0 Å². The third-order valence-electron chi connectivity index (χ3n) is 11.2. The van der Waals surface area contributed by atoms with Crippen LogP contribution in [0.3, 0.4) is 0 Å². The van der Waals surface area contributed by atoms with Crippen molar-refractivity contribution >= 4 is 48.9 Å². The van der Waals surface area contributed by atoms with Crippen molar-refractivity contribution < 1.29 is 0 Å². The number of para-hydroxylation sites is 1. The maximum Gasteiger partial charge on any atom is 0.0583 e. The topological polar surface area (TPSA) is 4.93 Å². The minimum atomic E-state index is -0.105. The van der Waals surface area contributed by atoms with Gasteiger partial charge < -0.3 is 4.57 Å². The van der Waals surface area contributed by atoms with E-state index in [4.69, 9.17) is 0 Å². The number of hydrogen-bond donors (Lipinski definition) is 0. The van der Waals surface area contributed by atoms with Crippen molar-refractivity contribution in [2.24, 2.45) is 0 Å². The van der Waals surface area contributed by atoms with Crippen LogP contribution in [0, 0.1) is 0 Å². The molecule has 2 aliphatic rings. The number of allylic oxidation sites excluding steroid dienone is 5. The lowest BCUT2D eigenvalue weighted by atomic mass is 9.79. The zero-order chi connectivity index (χ0) is 32.9. The molecule has 0 saturated heterocycles. The largest absolute Gasteiger partial charge is 0.336 e. The maximum absolute atomic E-state index is 4.11. The molecule has 0 aliphatic heterocycles. The Morgan fingerprint density at radius 3 is 2.04 bits per heavy atom. The summed E-state index contributed by atoms with van der Waals surface area (Å²) < 4.78 is 2.56. The molecule has 2 aliphatic carbocycles. The zero-order valence-corrected chi connectivity index (χ0v) is 27.8. The number of fused-ring (bicyclic) bond motifs is 13. The van der Waals surface area contributed by atoms with E-state index >= 15 is 0 Å². The fraction of sp³-hybridized carbons (Fsp3) is 0.0833. The van der Waals surface area contributed by atoms with Crippen LogP contribution in [0.4, 0.5) is 0 Å². The number of benzene rings is 7. The van der Waals surface area contributed by atoms with Crippen LogP contribution in [0.5, 0.6) is 0 Å². The highest BCUT2D eigenvalue weighted by molar-refractivity contribution is 6.27. The van der Waals surface area contributed by atoms with E-state index < -0.39 is 0 Å². The molecule has 10 rings (SSSR count). The molecule has 0 bridgehead atoms. The Kier molecular flexibility index (Phi) is 5.91. The molecular formula is C48H35N. The van der Waals surface area contributed by atoms with Crippen LogP contribution in [0.25, 0.3) is 82.3 Å². The summed E-state index contributed by atoms with van der Waals surface area (Å²) in [7, 11) is 0. The van der Waals surface area contributed by atoms with Crippen LogP contribution in [0.15, 0.2) is 158 Å². The van der Waals surface area contributed by atoms with Crippen LogP contribution in [-0.4, -0.2) is 4.57 Å². The summed E-state index contributed by atoms with van der Waals surface area (Å²) in [6.45, 7) is 9.65. The highest BCUT2D eigenvalue weighted by Crippen LogP contribution is 2.56. The van der Waals surface area contributed by atoms with E-state index in [1.807, 2.05) is 6.08 Å². The molecule has 1 heterocycles. The second-order valence-corrected chi connectivity index (χ2v) is 14.0. The second-order valence-electron chi connectivity index (χ2n) is 14.0. The highest BCUT2D eigenvalue weighted by atomic mass is 15.0. The average molecular weight is 626 g/mol. The normalized spacial score (nSPS) is 14.3.